The molecule has 0 aliphatic rings. The van der Waals surface area contributed by atoms with Gasteiger partial charge in [0.1, 0.15) is 0 Å². The molecular weight excluding hydrogens is 330 g/mol. The average Bonchev–Trinajstić information content (AvgIpc) is 3.06. The van der Waals surface area contributed by atoms with Gasteiger partial charge < -0.3 is 15.4 Å². The van der Waals surface area contributed by atoms with E-state index in [1.165, 1.54) is 4.40 Å². The lowest BCUT2D eigenvalue weighted by molar-refractivity contribution is -0.389. The first-order chi connectivity index (χ1) is 12.7. The molecule has 26 heavy (non-hydrogen) atoms. The van der Waals surface area contributed by atoms with Gasteiger partial charge in [0, 0.05) is 25.0 Å². The Kier molecular flexibility index (Phi) is 4.03. The number of nitro groups is 1. The van der Waals surface area contributed by atoms with Gasteiger partial charge in [0.15, 0.2) is 0 Å². The van der Waals surface area contributed by atoms with Crippen molar-refractivity contribution in [3.8, 4) is 11.1 Å². The summed E-state index contributed by atoms with van der Waals surface area (Å²) in [4.78, 5) is 19.3. The molecule has 7 heteroatoms. The Hall–Kier alpha value is -3.74. The number of imidazole rings is 1. The van der Waals surface area contributed by atoms with Gasteiger partial charge in [0.2, 0.25) is 11.5 Å². The van der Waals surface area contributed by atoms with E-state index in [1.54, 1.807) is 36.8 Å². The minimum atomic E-state index is -0.422. The zero-order chi connectivity index (χ0) is 17.9. The third-order valence-corrected chi connectivity index (χ3v) is 4.11. The van der Waals surface area contributed by atoms with Crippen LogP contribution in [0.4, 0.5) is 11.6 Å². The maximum Gasteiger partial charge on any atom is 0.372 e. The highest BCUT2D eigenvalue weighted by atomic mass is 16.6. The first-order valence-corrected chi connectivity index (χ1v) is 8.07. The van der Waals surface area contributed by atoms with E-state index in [9.17, 15) is 10.1 Å². The molecule has 0 spiro atoms. The maximum absolute atomic E-state index is 11.4. The normalized spacial score (nSPS) is 10.8. The monoisotopic (exact) mass is 345 g/mol. The number of benzene rings is 1. The van der Waals surface area contributed by atoms with Crippen molar-refractivity contribution in [2.75, 3.05) is 5.32 Å². The SMILES string of the molecule is O=[N+]([O-])c1c(NCc2ccc(-c3ccncc3)cc2)nc2ccccn12. The summed E-state index contributed by atoms with van der Waals surface area (Å²) in [7, 11) is 0. The molecule has 0 radical (unpaired) electrons. The van der Waals surface area contributed by atoms with Crippen molar-refractivity contribution in [2.45, 2.75) is 6.54 Å². The highest BCUT2D eigenvalue weighted by Crippen LogP contribution is 2.26. The predicted octanol–water partition coefficient (Wildman–Crippen LogP) is 3.92. The van der Waals surface area contributed by atoms with Crippen LogP contribution in [0.1, 0.15) is 5.56 Å². The molecule has 0 fully saturated rings. The number of pyridine rings is 2. The Morgan fingerprint density at radius 1 is 1.00 bits per heavy atom. The number of anilines is 1. The van der Waals surface area contributed by atoms with Crippen molar-refractivity contribution >= 4 is 17.3 Å². The largest absolute Gasteiger partial charge is 0.372 e. The minimum Gasteiger partial charge on any atom is -0.359 e. The van der Waals surface area contributed by atoms with Gasteiger partial charge in [-0.25, -0.2) is 0 Å². The molecule has 0 atom stereocenters. The van der Waals surface area contributed by atoms with Gasteiger partial charge in [0.25, 0.3) is 0 Å². The van der Waals surface area contributed by atoms with Crippen molar-refractivity contribution in [1.82, 2.24) is 14.4 Å². The van der Waals surface area contributed by atoms with E-state index in [4.69, 9.17) is 0 Å². The number of aromatic nitrogens is 3. The van der Waals surface area contributed by atoms with Crippen molar-refractivity contribution < 1.29 is 4.92 Å². The van der Waals surface area contributed by atoms with Crippen molar-refractivity contribution in [3.63, 3.8) is 0 Å². The first kappa shape index (κ1) is 15.8. The first-order valence-electron chi connectivity index (χ1n) is 8.07. The van der Waals surface area contributed by atoms with E-state index < -0.39 is 4.92 Å². The topological polar surface area (TPSA) is 85.4 Å². The van der Waals surface area contributed by atoms with Gasteiger partial charge in [-0.2, -0.15) is 9.38 Å². The van der Waals surface area contributed by atoms with Crippen molar-refractivity contribution in [1.29, 1.82) is 0 Å². The van der Waals surface area contributed by atoms with E-state index in [-0.39, 0.29) is 11.6 Å². The minimum absolute atomic E-state index is 0.0611. The summed E-state index contributed by atoms with van der Waals surface area (Å²) in [6.45, 7) is 0.446. The number of fused-ring (bicyclic) bond motifs is 1. The second-order valence-corrected chi connectivity index (χ2v) is 5.76. The van der Waals surface area contributed by atoms with Crippen molar-refractivity contribution in [2.24, 2.45) is 0 Å². The Morgan fingerprint density at radius 2 is 1.73 bits per heavy atom. The molecule has 0 bridgehead atoms. The third kappa shape index (κ3) is 2.98. The molecule has 128 valence electrons. The van der Waals surface area contributed by atoms with Crippen molar-refractivity contribution in [3.05, 3.63) is 88.9 Å². The summed E-state index contributed by atoms with van der Waals surface area (Å²) < 4.78 is 1.47. The van der Waals surface area contributed by atoms with E-state index >= 15 is 0 Å². The standard InChI is InChI=1S/C19H15N5O2/c25-24(26)19-18(22-17-3-1-2-12-23(17)19)21-13-14-4-6-15(7-5-14)16-8-10-20-11-9-16/h1-12,21H,13H2. The van der Waals surface area contributed by atoms with E-state index in [2.05, 4.69) is 15.3 Å². The third-order valence-electron chi connectivity index (χ3n) is 4.11. The number of hydrogen-bond donors (Lipinski definition) is 1. The zero-order valence-corrected chi connectivity index (χ0v) is 13.7. The summed E-state index contributed by atoms with van der Waals surface area (Å²) in [5.74, 6) is 0.202. The molecule has 0 saturated heterocycles. The van der Waals surface area contributed by atoms with Crippen LogP contribution < -0.4 is 5.32 Å². The van der Waals surface area contributed by atoms with E-state index in [0.717, 1.165) is 16.7 Å². The molecule has 0 aliphatic carbocycles. The molecular formula is C19H15N5O2. The maximum atomic E-state index is 11.4. The molecule has 4 aromatic rings. The van der Waals surface area contributed by atoms with Crippen LogP contribution in [0.3, 0.4) is 0 Å². The molecule has 7 nitrogen and oxygen atoms in total. The number of nitrogens with zero attached hydrogens (tertiary/aromatic N) is 4. The van der Waals surface area contributed by atoms with Crippen LogP contribution >= 0.6 is 0 Å². The Bertz CT molecular complexity index is 1060. The molecule has 3 aromatic heterocycles. The van der Waals surface area contributed by atoms with Gasteiger partial charge in [0.05, 0.1) is 6.20 Å². The Balaban J connectivity index is 1.55. The lowest BCUT2D eigenvalue weighted by Gasteiger charge is -2.06. The van der Waals surface area contributed by atoms with E-state index in [0.29, 0.717) is 12.2 Å². The molecule has 0 amide bonds. The summed E-state index contributed by atoms with van der Waals surface area (Å²) >= 11 is 0. The molecule has 3 heterocycles. The molecule has 1 aromatic carbocycles. The summed E-state index contributed by atoms with van der Waals surface area (Å²) in [6, 6.07) is 17.2. The van der Waals surface area contributed by atoms with Crippen LogP contribution in [-0.2, 0) is 6.54 Å². The van der Waals surface area contributed by atoms with Gasteiger partial charge in [-0.1, -0.05) is 30.3 Å². The lowest BCUT2D eigenvalue weighted by atomic mass is 10.1. The second-order valence-electron chi connectivity index (χ2n) is 5.76. The fourth-order valence-corrected chi connectivity index (χ4v) is 2.82. The molecule has 1 N–H and O–H groups in total. The van der Waals surface area contributed by atoms with Crippen LogP contribution in [-0.4, -0.2) is 19.3 Å². The van der Waals surface area contributed by atoms with Crippen LogP contribution in [0.25, 0.3) is 16.8 Å². The summed E-state index contributed by atoms with van der Waals surface area (Å²) in [5, 5.41) is 14.5. The fraction of sp³-hybridized carbons (Fsp3) is 0.0526. The summed E-state index contributed by atoms with van der Waals surface area (Å²) in [6.07, 6.45) is 5.15. The smallest absolute Gasteiger partial charge is 0.359 e. The quantitative estimate of drug-likeness (QED) is 0.438. The Morgan fingerprint density at radius 3 is 2.46 bits per heavy atom. The van der Waals surface area contributed by atoms with E-state index in [1.807, 2.05) is 36.4 Å². The number of hydrogen-bond acceptors (Lipinski definition) is 5. The molecule has 0 unspecified atom stereocenters. The molecule has 4 rings (SSSR count). The van der Waals surface area contributed by atoms with Gasteiger partial charge in [-0.05, 0) is 39.8 Å². The van der Waals surface area contributed by atoms with Crippen LogP contribution in [0.15, 0.2) is 73.2 Å². The molecule has 0 saturated carbocycles. The average molecular weight is 345 g/mol. The predicted molar refractivity (Wildman–Crippen MR) is 98.8 cm³/mol. The number of rotatable bonds is 5. The van der Waals surface area contributed by atoms with Crippen LogP contribution in [0, 0.1) is 10.1 Å². The van der Waals surface area contributed by atoms with Crippen LogP contribution in [0.2, 0.25) is 0 Å². The van der Waals surface area contributed by atoms with Crippen LogP contribution in [0.5, 0.6) is 0 Å². The molecule has 0 aliphatic heterocycles. The highest BCUT2D eigenvalue weighted by Gasteiger charge is 2.21. The highest BCUT2D eigenvalue weighted by molar-refractivity contribution is 5.64. The fourth-order valence-electron chi connectivity index (χ4n) is 2.82. The number of nitrogens with one attached hydrogen (secondary N) is 1. The second kappa shape index (κ2) is 6.64. The Labute approximate surface area is 149 Å². The van der Waals surface area contributed by atoms with Gasteiger partial charge in [-0.3, -0.25) is 4.98 Å². The summed E-state index contributed by atoms with van der Waals surface area (Å²) in [5.41, 5.74) is 3.73. The zero-order valence-electron chi connectivity index (χ0n) is 13.7. The van der Waals surface area contributed by atoms with Gasteiger partial charge in [-0.15, -0.1) is 0 Å². The van der Waals surface area contributed by atoms with Gasteiger partial charge >= 0.3 is 5.82 Å². The lowest BCUT2D eigenvalue weighted by Crippen LogP contribution is -2.03.